The third-order valence-corrected chi connectivity index (χ3v) is 6.68. The number of fused-ring (bicyclic) bond motifs is 1. The molecule has 1 unspecified atom stereocenters. The van der Waals surface area contributed by atoms with Crippen molar-refractivity contribution in [3.8, 4) is 0 Å². The van der Waals surface area contributed by atoms with E-state index in [0.29, 0.717) is 5.56 Å². The number of nitrogens with zero attached hydrogens (tertiary/aromatic N) is 1. The van der Waals surface area contributed by atoms with E-state index in [9.17, 15) is 22.3 Å². The minimum atomic E-state index is -3.90. The highest BCUT2D eigenvalue weighted by molar-refractivity contribution is 8.00. The molecule has 3 rings (SSSR count). The van der Waals surface area contributed by atoms with Crippen molar-refractivity contribution in [2.75, 3.05) is 0 Å². The molecule has 1 aromatic carbocycles. The number of nitrogens with one attached hydrogen (secondary N) is 1. The van der Waals surface area contributed by atoms with Crippen LogP contribution in [0.4, 0.5) is 0 Å². The summed E-state index contributed by atoms with van der Waals surface area (Å²) in [6.07, 6.45) is 1.44. The van der Waals surface area contributed by atoms with Crippen LogP contribution in [0.15, 0.2) is 30.5 Å². The zero-order chi connectivity index (χ0) is 19.1. The van der Waals surface area contributed by atoms with Crippen LogP contribution in [0.3, 0.4) is 0 Å². The average Bonchev–Trinajstić information content (AvgIpc) is 2.55. The van der Waals surface area contributed by atoms with Crippen LogP contribution >= 0.6 is 23.2 Å². The second kappa shape index (κ2) is 7.26. The highest BCUT2D eigenvalue weighted by Crippen LogP contribution is 2.41. The van der Waals surface area contributed by atoms with Gasteiger partial charge in [-0.3, -0.25) is 9.19 Å². The quantitative estimate of drug-likeness (QED) is 0.714. The Labute approximate surface area is 162 Å². The maximum absolute atomic E-state index is 12.7. The van der Waals surface area contributed by atoms with Crippen molar-refractivity contribution in [1.29, 1.82) is 0 Å². The lowest BCUT2D eigenvalue weighted by Crippen LogP contribution is -2.19. The Kier molecular flexibility index (Phi) is 5.38. The van der Waals surface area contributed by atoms with Crippen molar-refractivity contribution in [1.82, 2.24) is 9.71 Å². The normalized spacial score (nSPS) is 17.0. The van der Waals surface area contributed by atoms with E-state index >= 15 is 0 Å². The van der Waals surface area contributed by atoms with Gasteiger partial charge in [0.1, 0.15) is 10.6 Å². The maximum atomic E-state index is 12.7. The van der Waals surface area contributed by atoms with Gasteiger partial charge in [-0.05, 0) is 17.7 Å². The molecule has 2 heterocycles. The van der Waals surface area contributed by atoms with Crippen molar-refractivity contribution in [3.05, 3.63) is 62.9 Å². The Morgan fingerprint density at radius 1 is 1.31 bits per heavy atom. The lowest BCUT2D eigenvalue weighted by Gasteiger charge is -2.21. The van der Waals surface area contributed by atoms with Crippen LogP contribution in [-0.2, 0) is 33.4 Å². The zero-order valence-corrected chi connectivity index (χ0v) is 16.0. The summed E-state index contributed by atoms with van der Waals surface area (Å²) >= 11 is 9.79. The summed E-state index contributed by atoms with van der Waals surface area (Å²) in [5.41, 5.74) is 0.752. The van der Waals surface area contributed by atoms with Crippen LogP contribution in [0.5, 0.6) is 0 Å². The minimum Gasteiger partial charge on any atom is -0.760 e. The molecule has 0 saturated carbocycles. The van der Waals surface area contributed by atoms with Gasteiger partial charge in [0.15, 0.2) is 15.6 Å². The van der Waals surface area contributed by atoms with Crippen LogP contribution in [0.1, 0.15) is 22.4 Å². The predicted molar refractivity (Wildman–Crippen MR) is 98.5 cm³/mol. The van der Waals surface area contributed by atoms with Gasteiger partial charge in [-0.2, -0.15) is 0 Å². The van der Waals surface area contributed by atoms with Gasteiger partial charge in [-0.25, -0.2) is 13.1 Å². The first kappa shape index (κ1) is 19.3. The second-order valence-electron chi connectivity index (χ2n) is 5.39. The molecule has 2 N–H and O–H groups in total. The summed E-state index contributed by atoms with van der Waals surface area (Å²) in [5, 5.41) is 10.6. The molecule has 0 bridgehead atoms. The van der Waals surface area contributed by atoms with Gasteiger partial charge >= 0.3 is 0 Å². The van der Waals surface area contributed by atoms with Crippen LogP contribution in [0, 0.1) is 0 Å². The minimum absolute atomic E-state index is 0.0263. The fourth-order valence-electron chi connectivity index (χ4n) is 2.66. The molecule has 1 aliphatic heterocycles. The molecule has 0 spiro atoms. The average molecular weight is 434 g/mol. The number of benzene rings is 1. The van der Waals surface area contributed by atoms with Gasteiger partial charge in [-0.1, -0.05) is 35.3 Å². The van der Waals surface area contributed by atoms with E-state index in [2.05, 4.69) is 9.71 Å². The third kappa shape index (κ3) is 3.51. The van der Waals surface area contributed by atoms with Crippen molar-refractivity contribution < 1.29 is 22.3 Å². The first-order valence-electron chi connectivity index (χ1n) is 7.12. The number of pyridine rings is 1. The Balaban J connectivity index is 2.22. The molecule has 0 radical (unpaired) electrons. The van der Waals surface area contributed by atoms with E-state index in [-0.39, 0.29) is 44.1 Å². The Morgan fingerprint density at radius 2 is 2.04 bits per heavy atom. The molecule has 7 nitrogen and oxygen atoms in total. The van der Waals surface area contributed by atoms with Crippen molar-refractivity contribution in [3.63, 3.8) is 0 Å². The second-order valence-corrected chi connectivity index (χ2v) is 8.86. The number of sulfone groups is 1. The number of aromatic nitrogens is 1. The third-order valence-electron chi connectivity index (χ3n) is 3.78. The lowest BCUT2D eigenvalue weighted by atomic mass is 10.1. The Hall–Kier alpha value is -1.49. The SMILES string of the molecule is O=S([O-])NCc1c(Cl)ccc(C2=C(O)c3ncccc3CS2(=O)=O)c1Cl. The van der Waals surface area contributed by atoms with Gasteiger partial charge in [0.2, 0.25) is 0 Å². The van der Waals surface area contributed by atoms with E-state index in [1.807, 2.05) is 0 Å². The van der Waals surface area contributed by atoms with Crippen LogP contribution in [-0.4, -0.2) is 27.3 Å². The molecule has 26 heavy (non-hydrogen) atoms. The van der Waals surface area contributed by atoms with E-state index in [0.717, 1.165) is 0 Å². The number of aliphatic hydroxyl groups is 1. The zero-order valence-electron chi connectivity index (χ0n) is 12.9. The summed E-state index contributed by atoms with van der Waals surface area (Å²) in [6, 6.07) is 5.89. The molecule has 11 heteroatoms. The molecule has 0 saturated heterocycles. The van der Waals surface area contributed by atoms with Gasteiger partial charge in [0, 0.05) is 40.2 Å². The van der Waals surface area contributed by atoms with Crippen LogP contribution in [0.25, 0.3) is 10.7 Å². The maximum Gasteiger partial charge on any atom is 0.186 e. The number of halogens is 2. The fourth-order valence-corrected chi connectivity index (χ4v) is 5.26. The molecule has 1 aromatic heterocycles. The van der Waals surface area contributed by atoms with Gasteiger partial charge in [-0.15, -0.1) is 0 Å². The lowest BCUT2D eigenvalue weighted by molar-refractivity contribution is 0.508. The monoisotopic (exact) mass is 433 g/mol. The molecule has 0 fully saturated rings. The fraction of sp³-hybridized carbons (Fsp3) is 0.133. The van der Waals surface area contributed by atoms with E-state index in [1.165, 1.54) is 18.3 Å². The van der Waals surface area contributed by atoms with Crippen LogP contribution in [0.2, 0.25) is 10.0 Å². The molecule has 138 valence electrons. The van der Waals surface area contributed by atoms with Crippen molar-refractivity contribution in [2.24, 2.45) is 0 Å². The molecule has 1 aliphatic rings. The molecular formula is C15H11Cl2N2O5S2-. The summed E-state index contributed by atoms with van der Waals surface area (Å²) in [7, 11) is -3.90. The van der Waals surface area contributed by atoms with Gasteiger partial charge in [0.25, 0.3) is 0 Å². The van der Waals surface area contributed by atoms with Crippen LogP contribution < -0.4 is 4.72 Å². The summed E-state index contributed by atoms with van der Waals surface area (Å²) in [6.45, 7) is -0.232. The largest absolute Gasteiger partial charge is 0.760 e. The molecule has 0 amide bonds. The van der Waals surface area contributed by atoms with Crippen molar-refractivity contribution >= 4 is 55.0 Å². The molecule has 2 aromatic rings. The smallest absolute Gasteiger partial charge is 0.186 e. The first-order chi connectivity index (χ1) is 12.2. The number of rotatable bonds is 4. The standard InChI is InChI=1S/C15H12Cl2N2O5S2/c16-11-4-3-9(12(17)10(11)6-19-25(21)22)15-14(20)13-8(2-1-5-18-13)7-26(15,23)24/h1-5,19-20H,6-7H2,(H,21,22)/p-1. The summed E-state index contributed by atoms with van der Waals surface area (Å²) in [5.74, 6) is -0.852. The van der Waals surface area contributed by atoms with Gasteiger partial charge in [0.05, 0.1) is 10.8 Å². The van der Waals surface area contributed by atoms with Gasteiger partial charge < -0.3 is 9.66 Å². The Morgan fingerprint density at radius 3 is 2.73 bits per heavy atom. The first-order valence-corrected chi connectivity index (χ1v) is 10.6. The molecule has 0 aliphatic carbocycles. The summed E-state index contributed by atoms with van der Waals surface area (Å²) < 4.78 is 49.0. The topological polar surface area (TPSA) is 119 Å². The highest BCUT2D eigenvalue weighted by Gasteiger charge is 2.34. The highest BCUT2D eigenvalue weighted by atomic mass is 35.5. The number of aliphatic hydroxyl groups excluding tert-OH is 1. The Bertz CT molecular complexity index is 1050. The number of hydrogen-bond acceptors (Lipinski definition) is 6. The van der Waals surface area contributed by atoms with E-state index in [1.54, 1.807) is 12.1 Å². The molecular weight excluding hydrogens is 423 g/mol. The van der Waals surface area contributed by atoms with Crippen molar-refractivity contribution in [2.45, 2.75) is 12.3 Å². The van der Waals surface area contributed by atoms with E-state index in [4.69, 9.17) is 23.2 Å². The molecule has 1 atom stereocenters. The predicted octanol–water partition coefficient (Wildman–Crippen LogP) is 2.58. The summed E-state index contributed by atoms with van der Waals surface area (Å²) in [4.78, 5) is 3.67. The van der Waals surface area contributed by atoms with E-state index < -0.39 is 26.9 Å². The number of hydrogen-bond donors (Lipinski definition) is 2.